The van der Waals surface area contributed by atoms with Gasteiger partial charge >= 0.3 is 11.9 Å². The molecule has 1 amide bonds. The number of amides is 1. The molecule has 228 valence electrons. The maximum atomic E-state index is 13.4. The number of hydrogen-bond donors (Lipinski definition) is 9. The van der Waals surface area contributed by atoms with Crippen LogP contribution in [0.1, 0.15) is 22.4 Å². The van der Waals surface area contributed by atoms with E-state index in [4.69, 9.17) is 9.47 Å². The van der Waals surface area contributed by atoms with Crippen LogP contribution in [0.15, 0.2) is 48.9 Å². The Kier molecular flexibility index (Phi) is 8.11. The van der Waals surface area contributed by atoms with Gasteiger partial charge in [0.1, 0.15) is 30.1 Å². The Labute approximate surface area is 243 Å². The van der Waals surface area contributed by atoms with E-state index in [1.165, 1.54) is 18.5 Å². The van der Waals surface area contributed by atoms with Gasteiger partial charge < -0.3 is 55.3 Å². The molecule has 0 saturated carbocycles. The average molecular weight is 600 g/mol. The Morgan fingerprint density at radius 2 is 1.91 bits per heavy atom. The summed E-state index contributed by atoms with van der Waals surface area (Å²) in [6, 6.07) is 5.48. The number of carboxylic acids is 1. The van der Waals surface area contributed by atoms with Crippen LogP contribution >= 0.6 is 0 Å². The normalized spacial score (nSPS) is 26.9. The summed E-state index contributed by atoms with van der Waals surface area (Å²) in [5.74, 6) is -6.28. The molecule has 1 saturated heterocycles. The Balaban J connectivity index is 1.43. The van der Waals surface area contributed by atoms with Crippen LogP contribution in [0.2, 0.25) is 0 Å². The number of aliphatic hydroxyl groups is 5. The number of aliphatic hydroxyl groups excluding tert-OH is 4. The van der Waals surface area contributed by atoms with Crippen LogP contribution < -0.4 is 9.64 Å². The molecule has 15 nitrogen and oxygen atoms in total. The number of nitrogens with zero attached hydrogens (tertiary/aromatic N) is 2. The van der Waals surface area contributed by atoms with E-state index in [0.717, 1.165) is 28.8 Å². The smallest absolute Gasteiger partial charge is 0.355 e. The number of ether oxygens (including phenoxy) is 2. The first kappa shape index (κ1) is 30.0. The third kappa shape index (κ3) is 5.77. The van der Waals surface area contributed by atoms with Crippen molar-refractivity contribution in [3.8, 4) is 17.2 Å². The third-order valence-corrected chi connectivity index (χ3v) is 7.31. The molecule has 0 radical (unpaired) electrons. The number of hydrogen-bond acceptors (Lipinski definition) is 12. The lowest BCUT2D eigenvalue weighted by Crippen LogP contribution is -2.67. The van der Waals surface area contributed by atoms with Crippen LogP contribution in [0.3, 0.4) is 0 Å². The predicted molar refractivity (Wildman–Crippen MR) is 145 cm³/mol. The van der Waals surface area contributed by atoms with Crippen molar-refractivity contribution >= 4 is 23.6 Å². The van der Waals surface area contributed by atoms with Gasteiger partial charge in [0.05, 0.1) is 18.6 Å². The number of phenols is 2. The van der Waals surface area contributed by atoms with Crippen LogP contribution in [0, 0.1) is 0 Å². The lowest BCUT2D eigenvalue weighted by molar-refractivity contribution is -0.422. The molecule has 15 heteroatoms. The third-order valence-electron chi connectivity index (χ3n) is 7.31. The molecule has 2 aliphatic rings. The highest BCUT2D eigenvalue weighted by Gasteiger charge is 2.55. The van der Waals surface area contributed by atoms with Gasteiger partial charge in [-0.1, -0.05) is 6.07 Å². The highest BCUT2D eigenvalue weighted by Crippen LogP contribution is 2.43. The molecule has 43 heavy (non-hydrogen) atoms. The van der Waals surface area contributed by atoms with Crippen LogP contribution in [0.25, 0.3) is 6.08 Å². The molecular formula is C28H29N3O12. The van der Waals surface area contributed by atoms with Crippen LogP contribution in [-0.2, 0) is 27.2 Å². The Hall–Kier alpha value is -4.51. The first-order valence-corrected chi connectivity index (χ1v) is 13.0. The summed E-state index contributed by atoms with van der Waals surface area (Å²) in [5.41, 5.74) is 2.10. The van der Waals surface area contributed by atoms with Crippen LogP contribution in [0.4, 0.5) is 5.69 Å². The molecule has 2 aliphatic heterocycles. The molecule has 3 aromatic rings. The number of rotatable bonds is 8. The van der Waals surface area contributed by atoms with Gasteiger partial charge in [-0.3, -0.25) is 9.69 Å². The van der Waals surface area contributed by atoms with Crippen molar-refractivity contribution in [2.45, 2.75) is 49.3 Å². The Bertz CT molecular complexity index is 1540. The standard InChI is InChI=1S/C28H29N3O12/c32-11-22-24(36)25(37)26(38)28(41,43-22)42-21-9-17-14(8-20(21)34)7-18(27(39)40)31(17)23(35)4-2-13-1-3-19(33)15(5-13)6-16-10-29-12-30-16/h1-5,8-10,12,18,22,24-26,32-34,36-38,41H,6-7,11H2,(H,29,30)(H,39,40). The summed E-state index contributed by atoms with van der Waals surface area (Å²) in [4.78, 5) is 33.3. The molecule has 6 atom stereocenters. The molecule has 0 aliphatic carbocycles. The number of phenolic OH excluding ortho intramolecular Hbond substituents is 2. The summed E-state index contributed by atoms with van der Waals surface area (Å²) in [6.45, 7) is -0.868. The number of aromatic amines is 1. The maximum absolute atomic E-state index is 13.4. The minimum Gasteiger partial charge on any atom is -0.508 e. The van der Waals surface area contributed by atoms with Crippen molar-refractivity contribution < 1.29 is 59.9 Å². The molecular weight excluding hydrogens is 570 g/mol. The van der Waals surface area contributed by atoms with Gasteiger partial charge in [-0.15, -0.1) is 0 Å². The number of carboxylic acid groups (broad SMARTS) is 1. The molecule has 0 spiro atoms. The Morgan fingerprint density at radius 3 is 2.58 bits per heavy atom. The second-order valence-corrected chi connectivity index (χ2v) is 10.2. The van der Waals surface area contributed by atoms with Gasteiger partial charge in [-0.25, -0.2) is 9.78 Å². The highest BCUT2D eigenvalue weighted by molar-refractivity contribution is 6.09. The summed E-state index contributed by atoms with van der Waals surface area (Å²) in [6.07, 6.45) is -1.76. The van der Waals surface area contributed by atoms with E-state index in [1.54, 1.807) is 18.3 Å². The lowest BCUT2D eigenvalue weighted by atomic mass is 9.98. The maximum Gasteiger partial charge on any atom is 0.355 e. The summed E-state index contributed by atoms with van der Waals surface area (Å²) in [5, 5.41) is 81.3. The number of aliphatic carboxylic acids is 1. The van der Waals surface area contributed by atoms with Crippen molar-refractivity contribution in [3.05, 3.63) is 71.3 Å². The quantitative estimate of drug-likeness (QED) is 0.111. The molecule has 6 unspecified atom stereocenters. The second-order valence-electron chi connectivity index (χ2n) is 10.2. The first-order chi connectivity index (χ1) is 20.4. The zero-order valence-electron chi connectivity index (χ0n) is 22.3. The van der Waals surface area contributed by atoms with Gasteiger partial charge in [0.2, 0.25) is 0 Å². The molecule has 2 aromatic carbocycles. The van der Waals surface area contributed by atoms with Crippen molar-refractivity contribution in [2.75, 3.05) is 11.5 Å². The number of fused-ring (bicyclic) bond motifs is 1. The number of carbonyl (C=O) groups excluding carboxylic acids is 1. The van der Waals surface area contributed by atoms with E-state index < -0.39 is 66.4 Å². The largest absolute Gasteiger partial charge is 0.508 e. The number of nitrogens with one attached hydrogen (secondary N) is 1. The van der Waals surface area contributed by atoms with Gasteiger partial charge in [0.25, 0.3) is 5.91 Å². The molecule has 9 N–H and O–H groups in total. The fraction of sp³-hybridized carbons (Fsp3) is 0.321. The van der Waals surface area contributed by atoms with E-state index in [9.17, 15) is 50.4 Å². The number of H-pyrrole nitrogens is 1. The van der Waals surface area contributed by atoms with E-state index in [1.807, 2.05) is 0 Å². The number of anilines is 1. The highest BCUT2D eigenvalue weighted by atomic mass is 16.8. The fourth-order valence-corrected chi connectivity index (χ4v) is 5.06. The van der Waals surface area contributed by atoms with Gasteiger partial charge in [-0.05, 0) is 35.4 Å². The van der Waals surface area contributed by atoms with Crippen LogP contribution in [-0.4, -0.2) is 106 Å². The summed E-state index contributed by atoms with van der Waals surface area (Å²) < 4.78 is 10.4. The topological polar surface area (TPSA) is 246 Å². The Morgan fingerprint density at radius 1 is 1.14 bits per heavy atom. The molecule has 5 rings (SSSR count). The number of aromatic nitrogens is 2. The van der Waals surface area contributed by atoms with Crippen molar-refractivity contribution in [2.24, 2.45) is 0 Å². The molecule has 1 aromatic heterocycles. The SMILES string of the molecule is O=C(O)C1Cc2cc(O)c(OC3(O)OC(CO)C(O)C(O)C3O)cc2N1C(=O)C=Cc1ccc(O)c(Cc2cnc[nH]2)c1. The van der Waals surface area contributed by atoms with Gasteiger partial charge in [-0.2, -0.15) is 0 Å². The first-order valence-electron chi connectivity index (χ1n) is 13.0. The van der Waals surface area contributed by atoms with Crippen molar-refractivity contribution in [1.82, 2.24) is 9.97 Å². The molecule has 3 heterocycles. The van der Waals surface area contributed by atoms with Gasteiger partial charge in [0.15, 0.2) is 17.6 Å². The van der Waals surface area contributed by atoms with E-state index in [-0.39, 0.29) is 23.4 Å². The van der Waals surface area contributed by atoms with E-state index >= 15 is 0 Å². The lowest BCUT2D eigenvalue weighted by Gasteiger charge is -2.44. The van der Waals surface area contributed by atoms with E-state index in [2.05, 4.69) is 9.97 Å². The number of imidazole rings is 1. The van der Waals surface area contributed by atoms with E-state index in [0.29, 0.717) is 17.5 Å². The predicted octanol–water partition coefficient (Wildman–Crippen LogP) is -1.03. The summed E-state index contributed by atoms with van der Waals surface area (Å²) >= 11 is 0. The monoisotopic (exact) mass is 599 g/mol. The van der Waals surface area contributed by atoms with Gasteiger partial charge in [0, 0.05) is 42.4 Å². The van der Waals surface area contributed by atoms with Crippen molar-refractivity contribution in [3.63, 3.8) is 0 Å². The number of aromatic hydroxyl groups is 2. The number of carbonyl (C=O) groups is 2. The number of benzene rings is 2. The minimum absolute atomic E-state index is 0.00804. The summed E-state index contributed by atoms with van der Waals surface area (Å²) in [7, 11) is 0. The molecule has 1 fully saturated rings. The minimum atomic E-state index is -3.05. The zero-order valence-corrected chi connectivity index (χ0v) is 22.3. The zero-order chi connectivity index (χ0) is 31.1. The molecule has 0 bridgehead atoms. The average Bonchev–Trinajstić information content (AvgIpc) is 3.62. The second kappa shape index (κ2) is 11.6. The fourth-order valence-electron chi connectivity index (χ4n) is 5.06. The van der Waals surface area contributed by atoms with Crippen LogP contribution in [0.5, 0.6) is 17.2 Å². The van der Waals surface area contributed by atoms with Crippen molar-refractivity contribution in [1.29, 1.82) is 0 Å².